The maximum Gasteiger partial charge on any atom is 0.261 e. The third-order valence-electron chi connectivity index (χ3n) is 3.86. The van der Waals surface area contributed by atoms with Crippen molar-refractivity contribution in [3.05, 3.63) is 30.0 Å². The number of ether oxygens (including phenoxy) is 2. The van der Waals surface area contributed by atoms with E-state index in [1.807, 2.05) is 25.1 Å². The van der Waals surface area contributed by atoms with Crippen LogP contribution < -0.4 is 14.8 Å². The zero-order valence-electron chi connectivity index (χ0n) is 16.1. The zero-order valence-corrected chi connectivity index (χ0v) is 16.9. The van der Waals surface area contributed by atoms with Crippen molar-refractivity contribution in [1.82, 2.24) is 19.7 Å². The molecule has 3 rings (SSSR count). The normalized spacial score (nSPS) is 10.7. The summed E-state index contributed by atoms with van der Waals surface area (Å²) in [6.07, 6.45) is 1.55. The van der Waals surface area contributed by atoms with Crippen LogP contribution in [0.2, 0.25) is 0 Å². The molecule has 3 aromatic rings. The molecule has 0 atom stereocenters. The molecule has 1 N–H and O–H groups in total. The van der Waals surface area contributed by atoms with Gasteiger partial charge in [-0.2, -0.15) is 0 Å². The van der Waals surface area contributed by atoms with Gasteiger partial charge in [-0.3, -0.25) is 14.3 Å². The van der Waals surface area contributed by atoms with Gasteiger partial charge in [-0.25, -0.2) is 4.98 Å². The highest BCUT2D eigenvalue weighted by atomic mass is 32.1. The van der Waals surface area contributed by atoms with E-state index in [4.69, 9.17) is 9.47 Å². The summed E-state index contributed by atoms with van der Waals surface area (Å²) >= 11 is 1.35. The Labute approximate surface area is 165 Å². The van der Waals surface area contributed by atoms with E-state index in [0.717, 1.165) is 16.0 Å². The van der Waals surface area contributed by atoms with Crippen molar-refractivity contribution in [3.63, 3.8) is 0 Å². The van der Waals surface area contributed by atoms with Gasteiger partial charge < -0.3 is 19.7 Å². The lowest BCUT2D eigenvalue weighted by molar-refractivity contribution is -0.116. The Balaban J connectivity index is 1.66. The van der Waals surface area contributed by atoms with Gasteiger partial charge >= 0.3 is 0 Å². The van der Waals surface area contributed by atoms with Crippen LogP contribution in [-0.4, -0.2) is 58.8 Å². The topological polar surface area (TPSA) is 98.6 Å². The standard InChI is InChI=1S/C18H21N5O4S/c1-5-27-11-6-7-13-14(8-11)28-18(19-13)20-15(24)10-22(2)17(25)12-9-23(3)21-16(12)26-4/h6-9H,5,10H2,1-4H3,(H,19,20,24). The van der Waals surface area contributed by atoms with Crippen LogP contribution in [0.15, 0.2) is 24.4 Å². The molecule has 0 aliphatic heterocycles. The second-order valence-corrected chi connectivity index (χ2v) is 7.05. The van der Waals surface area contributed by atoms with Crippen molar-refractivity contribution >= 4 is 38.5 Å². The molecular formula is C18H21N5O4S. The monoisotopic (exact) mass is 403 g/mol. The molecule has 9 nitrogen and oxygen atoms in total. The molecular weight excluding hydrogens is 382 g/mol. The molecule has 0 radical (unpaired) electrons. The minimum absolute atomic E-state index is 0.128. The Morgan fingerprint density at radius 2 is 2.14 bits per heavy atom. The minimum Gasteiger partial charge on any atom is -0.494 e. The first-order chi connectivity index (χ1) is 13.4. The van der Waals surface area contributed by atoms with Crippen molar-refractivity contribution in [2.75, 3.05) is 32.6 Å². The van der Waals surface area contributed by atoms with Gasteiger partial charge in [0.15, 0.2) is 5.13 Å². The Hall–Kier alpha value is -3.14. The number of fused-ring (bicyclic) bond motifs is 1. The van der Waals surface area contributed by atoms with Crippen LogP contribution in [0.4, 0.5) is 5.13 Å². The number of hydrogen-bond donors (Lipinski definition) is 1. The molecule has 0 aliphatic rings. The predicted octanol–water partition coefficient (Wildman–Crippen LogP) is 2.15. The number of likely N-dealkylation sites (N-methyl/N-ethyl adjacent to an activating group) is 1. The predicted molar refractivity (Wildman–Crippen MR) is 106 cm³/mol. The number of aromatic nitrogens is 3. The van der Waals surface area contributed by atoms with E-state index in [1.54, 1.807) is 20.3 Å². The summed E-state index contributed by atoms with van der Waals surface area (Å²) in [7, 11) is 4.67. The number of benzene rings is 1. The molecule has 2 amide bonds. The van der Waals surface area contributed by atoms with Gasteiger partial charge in [0.25, 0.3) is 5.91 Å². The van der Waals surface area contributed by atoms with Crippen LogP contribution in [-0.2, 0) is 11.8 Å². The summed E-state index contributed by atoms with van der Waals surface area (Å²) in [5.74, 6) is 0.275. The molecule has 0 saturated carbocycles. The Kier molecular flexibility index (Phi) is 5.78. The number of hydrogen-bond acceptors (Lipinski definition) is 7. The maximum absolute atomic E-state index is 12.6. The number of aryl methyl sites for hydroxylation is 1. The van der Waals surface area contributed by atoms with E-state index in [9.17, 15) is 9.59 Å². The lowest BCUT2D eigenvalue weighted by Crippen LogP contribution is -2.35. The number of nitrogens with zero attached hydrogens (tertiary/aromatic N) is 4. The first-order valence-electron chi connectivity index (χ1n) is 8.57. The number of thiazole rings is 1. The fourth-order valence-electron chi connectivity index (χ4n) is 2.63. The molecule has 0 saturated heterocycles. The first kappa shape index (κ1) is 19.6. The van der Waals surface area contributed by atoms with E-state index >= 15 is 0 Å². The van der Waals surface area contributed by atoms with Gasteiger partial charge in [0, 0.05) is 20.3 Å². The molecule has 28 heavy (non-hydrogen) atoms. The third-order valence-corrected chi connectivity index (χ3v) is 4.80. The quantitative estimate of drug-likeness (QED) is 0.649. The highest BCUT2D eigenvalue weighted by molar-refractivity contribution is 7.22. The van der Waals surface area contributed by atoms with Crippen molar-refractivity contribution in [2.45, 2.75) is 6.92 Å². The van der Waals surface area contributed by atoms with Crippen LogP contribution in [0.3, 0.4) is 0 Å². The van der Waals surface area contributed by atoms with Gasteiger partial charge in [-0.15, -0.1) is 5.10 Å². The minimum atomic E-state index is -0.356. The molecule has 0 aliphatic carbocycles. The summed E-state index contributed by atoms with van der Waals surface area (Å²) in [5, 5.41) is 7.25. The van der Waals surface area contributed by atoms with Crippen molar-refractivity contribution in [2.24, 2.45) is 7.05 Å². The molecule has 0 unspecified atom stereocenters. The molecule has 2 heterocycles. The second-order valence-electron chi connectivity index (χ2n) is 6.02. The van der Waals surface area contributed by atoms with Crippen LogP contribution in [0.1, 0.15) is 17.3 Å². The molecule has 2 aromatic heterocycles. The largest absolute Gasteiger partial charge is 0.494 e. The number of nitrogens with one attached hydrogen (secondary N) is 1. The zero-order chi connectivity index (χ0) is 20.3. The number of carbonyl (C=O) groups is 2. The van der Waals surface area contributed by atoms with Crippen LogP contribution in [0.5, 0.6) is 11.6 Å². The highest BCUT2D eigenvalue weighted by Crippen LogP contribution is 2.29. The average Bonchev–Trinajstić information content (AvgIpc) is 3.22. The number of methoxy groups -OCH3 is 1. The summed E-state index contributed by atoms with van der Waals surface area (Å²) in [4.78, 5) is 30.6. The molecule has 1 aromatic carbocycles. The Morgan fingerprint density at radius 3 is 2.86 bits per heavy atom. The molecule has 0 spiro atoms. The summed E-state index contributed by atoms with van der Waals surface area (Å²) < 4.78 is 13.0. The van der Waals surface area contributed by atoms with E-state index in [0.29, 0.717) is 17.3 Å². The summed E-state index contributed by atoms with van der Waals surface area (Å²) in [6, 6.07) is 5.57. The maximum atomic E-state index is 12.6. The van der Waals surface area contributed by atoms with Crippen molar-refractivity contribution in [1.29, 1.82) is 0 Å². The van der Waals surface area contributed by atoms with Gasteiger partial charge in [0.05, 0.1) is 30.5 Å². The number of anilines is 1. The lowest BCUT2D eigenvalue weighted by atomic mass is 10.3. The van der Waals surface area contributed by atoms with Crippen molar-refractivity contribution < 1.29 is 19.1 Å². The SMILES string of the molecule is CCOc1ccc2nc(NC(=O)CN(C)C(=O)c3cn(C)nc3OC)sc2c1. The van der Waals surface area contributed by atoms with E-state index in [1.165, 1.54) is 28.0 Å². The van der Waals surface area contributed by atoms with Gasteiger partial charge in [0.2, 0.25) is 11.8 Å². The van der Waals surface area contributed by atoms with Gasteiger partial charge in [-0.1, -0.05) is 11.3 Å². The summed E-state index contributed by atoms with van der Waals surface area (Å²) in [5.41, 5.74) is 1.07. The molecule has 0 bridgehead atoms. The first-order valence-corrected chi connectivity index (χ1v) is 9.39. The number of amides is 2. The van der Waals surface area contributed by atoms with E-state index in [-0.39, 0.29) is 24.2 Å². The van der Waals surface area contributed by atoms with E-state index in [2.05, 4.69) is 15.4 Å². The van der Waals surface area contributed by atoms with Gasteiger partial charge in [0.1, 0.15) is 11.3 Å². The Bertz CT molecular complexity index is 1010. The molecule has 148 valence electrons. The van der Waals surface area contributed by atoms with Crippen LogP contribution in [0, 0.1) is 0 Å². The number of carbonyl (C=O) groups excluding carboxylic acids is 2. The van der Waals surface area contributed by atoms with Crippen LogP contribution >= 0.6 is 11.3 Å². The van der Waals surface area contributed by atoms with Crippen molar-refractivity contribution in [3.8, 4) is 11.6 Å². The van der Waals surface area contributed by atoms with Crippen LogP contribution in [0.25, 0.3) is 10.2 Å². The fourth-order valence-corrected chi connectivity index (χ4v) is 3.54. The number of rotatable bonds is 7. The Morgan fingerprint density at radius 1 is 1.36 bits per heavy atom. The second kappa shape index (κ2) is 8.26. The van der Waals surface area contributed by atoms with Gasteiger partial charge in [-0.05, 0) is 25.1 Å². The molecule has 10 heteroatoms. The average molecular weight is 403 g/mol. The third kappa shape index (κ3) is 4.22. The highest BCUT2D eigenvalue weighted by Gasteiger charge is 2.22. The summed E-state index contributed by atoms with van der Waals surface area (Å²) in [6.45, 7) is 2.37. The molecule has 0 fully saturated rings. The lowest BCUT2D eigenvalue weighted by Gasteiger charge is -2.15. The van der Waals surface area contributed by atoms with E-state index < -0.39 is 0 Å². The smallest absolute Gasteiger partial charge is 0.261 e. The fraction of sp³-hybridized carbons (Fsp3) is 0.333.